The van der Waals surface area contributed by atoms with Crippen molar-refractivity contribution in [2.75, 3.05) is 0 Å². The van der Waals surface area contributed by atoms with Crippen LogP contribution in [-0.2, 0) is 5.33 Å². The molecule has 4 heteroatoms. The van der Waals surface area contributed by atoms with Crippen LogP contribution in [0.1, 0.15) is 5.56 Å². The van der Waals surface area contributed by atoms with Crippen LogP contribution in [0, 0.1) is 0 Å². The van der Waals surface area contributed by atoms with Gasteiger partial charge in [0, 0.05) is 23.9 Å². The highest BCUT2D eigenvalue weighted by Crippen LogP contribution is 2.08. The van der Waals surface area contributed by atoms with Gasteiger partial charge >= 0.3 is 0 Å². The van der Waals surface area contributed by atoms with Crippen LogP contribution in [0.2, 0.25) is 0 Å². The molecule has 0 bridgehead atoms. The Morgan fingerprint density at radius 3 is 3.00 bits per heavy atom. The van der Waals surface area contributed by atoms with Gasteiger partial charge in [-0.25, -0.2) is 9.67 Å². The molecule has 13 heavy (non-hydrogen) atoms. The Morgan fingerprint density at radius 2 is 2.31 bits per heavy atom. The van der Waals surface area contributed by atoms with Crippen LogP contribution in [0.15, 0.2) is 36.8 Å². The van der Waals surface area contributed by atoms with E-state index in [-0.39, 0.29) is 0 Å². The van der Waals surface area contributed by atoms with Crippen LogP contribution in [-0.4, -0.2) is 14.8 Å². The molecule has 2 aromatic heterocycles. The van der Waals surface area contributed by atoms with Gasteiger partial charge in [-0.3, -0.25) is 0 Å². The van der Waals surface area contributed by atoms with Gasteiger partial charge in [0.25, 0.3) is 0 Å². The molecule has 0 saturated heterocycles. The van der Waals surface area contributed by atoms with Gasteiger partial charge in [0.15, 0.2) is 5.82 Å². The van der Waals surface area contributed by atoms with E-state index in [1.807, 2.05) is 24.4 Å². The van der Waals surface area contributed by atoms with E-state index in [9.17, 15) is 0 Å². The molecule has 0 amide bonds. The van der Waals surface area contributed by atoms with Crippen molar-refractivity contribution in [3.63, 3.8) is 0 Å². The summed E-state index contributed by atoms with van der Waals surface area (Å²) in [5.41, 5.74) is 1.19. The van der Waals surface area contributed by atoms with E-state index in [1.165, 1.54) is 5.56 Å². The van der Waals surface area contributed by atoms with Crippen molar-refractivity contribution in [1.82, 2.24) is 14.8 Å². The molecule has 0 fully saturated rings. The molecule has 0 saturated carbocycles. The number of halogens is 1. The minimum atomic E-state index is 0.837. The van der Waals surface area contributed by atoms with Crippen molar-refractivity contribution in [1.29, 1.82) is 0 Å². The SMILES string of the molecule is BrCc1ccnc(-n2cccn2)c1. The molecule has 0 aromatic carbocycles. The van der Waals surface area contributed by atoms with Crippen LogP contribution >= 0.6 is 15.9 Å². The van der Waals surface area contributed by atoms with Crippen LogP contribution in [0.4, 0.5) is 0 Å². The average Bonchev–Trinajstić information content (AvgIpc) is 2.71. The third-order valence-corrected chi connectivity index (χ3v) is 2.35. The highest BCUT2D eigenvalue weighted by Gasteiger charge is 1.97. The lowest BCUT2D eigenvalue weighted by Crippen LogP contribution is -1.97. The van der Waals surface area contributed by atoms with Gasteiger partial charge in [-0.15, -0.1) is 0 Å². The minimum Gasteiger partial charge on any atom is -0.237 e. The summed E-state index contributed by atoms with van der Waals surface area (Å²) in [5.74, 6) is 0.849. The fourth-order valence-electron chi connectivity index (χ4n) is 1.07. The fraction of sp³-hybridized carbons (Fsp3) is 0.111. The smallest absolute Gasteiger partial charge is 0.153 e. The van der Waals surface area contributed by atoms with Gasteiger partial charge in [0.1, 0.15) is 0 Å². The highest BCUT2D eigenvalue weighted by atomic mass is 79.9. The topological polar surface area (TPSA) is 30.7 Å². The first-order chi connectivity index (χ1) is 6.40. The summed E-state index contributed by atoms with van der Waals surface area (Å²) in [6.07, 6.45) is 5.40. The summed E-state index contributed by atoms with van der Waals surface area (Å²) in [5, 5.41) is 4.94. The highest BCUT2D eigenvalue weighted by molar-refractivity contribution is 9.08. The molecule has 0 atom stereocenters. The molecule has 0 spiro atoms. The Balaban J connectivity index is 2.41. The molecule has 2 aromatic rings. The molecule has 0 aliphatic heterocycles. The number of hydrogen-bond acceptors (Lipinski definition) is 2. The molecule has 0 unspecified atom stereocenters. The lowest BCUT2D eigenvalue weighted by Gasteiger charge is -2.00. The molecular weight excluding hydrogens is 230 g/mol. The summed E-state index contributed by atoms with van der Waals surface area (Å²) in [7, 11) is 0. The largest absolute Gasteiger partial charge is 0.237 e. The zero-order valence-corrected chi connectivity index (χ0v) is 8.48. The van der Waals surface area contributed by atoms with Crippen molar-refractivity contribution in [2.45, 2.75) is 5.33 Å². The second kappa shape index (κ2) is 3.70. The molecule has 0 aliphatic carbocycles. The normalized spacial score (nSPS) is 10.2. The van der Waals surface area contributed by atoms with Crippen LogP contribution < -0.4 is 0 Å². The van der Waals surface area contributed by atoms with E-state index in [0.717, 1.165) is 11.1 Å². The summed E-state index contributed by atoms with van der Waals surface area (Å²) in [6, 6.07) is 5.85. The third-order valence-electron chi connectivity index (χ3n) is 1.70. The molecule has 2 rings (SSSR count). The zero-order valence-electron chi connectivity index (χ0n) is 6.89. The number of hydrogen-bond donors (Lipinski definition) is 0. The van der Waals surface area contributed by atoms with Crippen molar-refractivity contribution in [3.8, 4) is 5.82 Å². The molecule has 0 aliphatic rings. The average molecular weight is 238 g/mol. The molecule has 2 heterocycles. The van der Waals surface area contributed by atoms with E-state index in [0.29, 0.717) is 0 Å². The quantitative estimate of drug-likeness (QED) is 0.750. The van der Waals surface area contributed by atoms with E-state index in [1.54, 1.807) is 17.1 Å². The third kappa shape index (κ3) is 1.78. The second-order valence-electron chi connectivity index (χ2n) is 2.61. The predicted octanol–water partition coefficient (Wildman–Crippen LogP) is 2.16. The summed E-state index contributed by atoms with van der Waals surface area (Å²) in [6.45, 7) is 0. The maximum Gasteiger partial charge on any atom is 0.153 e. The number of nitrogens with zero attached hydrogens (tertiary/aromatic N) is 3. The van der Waals surface area contributed by atoms with Crippen LogP contribution in [0.5, 0.6) is 0 Å². The first-order valence-electron chi connectivity index (χ1n) is 3.91. The first kappa shape index (κ1) is 8.44. The molecule has 66 valence electrons. The monoisotopic (exact) mass is 237 g/mol. The molecule has 0 radical (unpaired) electrons. The predicted molar refractivity (Wildman–Crippen MR) is 54.0 cm³/mol. The van der Waals surface area contributed by atoms with E-state index in [2.05, 4.69) is 26.0 Å². The molecule has 0 N–H and O–H groups in total. The molecular formula is C9H8BrN3. The maximum atomic E-state index is 4.21. The summed E-state index contributed by atoms with van der Waals surface area (Å²) in [4.78, 5) is 4.21. The summed E-state index contributed by atoms with van der Waals surface area (Å²) >= 11 is 3.40. The standard InChI is InChI=1S/C9H8BrN3/c10-7-8-2-4-11-9(6-8)13-5-1-3-12-13/h1-6H,7H2. The lowest BCUT2D eigenvalue weighted by molar-refractivity contribution is 0.845. The second-order valence-corrected chi connectivity index (χ2v) is 3.17. The van der Waals surface area contributed by atoms with Gasteiger partial charge in [-0.1, -0.05) is 15.9 Å². The van der Waals surface area contributed by atoms with Crippen LogP contribution in [0.3, 0.4) is 0 Å². The van der Waals surface area contributed by atoms with Crippen molar-refractivity contribution >= 4 is 15.9 Å². The van der Waals surface area contributed by atoms with Crippen LogP contribution in [0.25, 0.3) is 5.82 Å². The van der Waals surface area contributed by atoms with E-state index in [4.69, 9.17) is 0 Å². The van der Waals surface area contributed by atoms with E-state index >= 15 is 0 Å². The number of rotatable bonds is 2. The Bertz CT molecular complexity index is 384. The Kier molecular flexibility index (Phi) is 2.40. The van der Waals surface area contributed by atoms with Gasteiger partial charge in [0.2, 0.25) is 0 Å². The zero-order chi connectivity index (χ0) is 9.10. The number of aromatic nitrogens is 3. The van der Waals surface area contributed by atoms with Gasteiger partial charge < -0.3 is 0 Å². The first-order valence-corrected chi connectivity index (χ1v) is 5.03. The van der Waals surface area contributed by atoms with Gasteiger partial charge in [-0.05, 0) is 23.8 Å². The van der Waals surface area contributed by atoms with E-state index < -0.39 is 0 Å². The molecule has 3 nitrogen and oxygen atoms in total. The minimum absolute atomic E-state index is 0.837. The number of pyridine rings is 1. The Morgan fingerprint density at radius 1 is 1.38 bits per heavy atom. The number of alkyl halides is 1. The van der Waals surface area contributed by atoms with Crippen molar-refractivity contribution in [3.05, 3.63) is 42.4 Å². The van der Waals surface area contributed by atoms with Gasteiger partial charge in [-0.2, -0.15) is 5.10 Å². The summed E-state index contributed by atoms with van der Waals surface area (Å²) < 4.78 is 1.74. The lowest BCUT2D eigenvalue weighted by atomic mass is 10.3. The Hall–Kier alpha value is -1.16. The van der Waals surface area contributed by atoms with Crippen molar-refractivity contribution < 1.29 is 0 Å². The van der Waals surface area contributed by atoms with Crippen molar-refractivity contribution in [2.24, 2.45) is 0 Å². The maximum absolute atomic E-state index is 4.21. The Labute approximate surface area is 84.5 Å². The van der Waals surface area contributed by atoms with Gasteiger partial charge in [0.05, 0.1) is 0 Å². The fourth-order valence-corrected chi connectivity index (χ4v) is 1.42.